The van der Waals surface area contributed by atoms with Crippen LogP contribution < -0.4 is 10.5 Å². The van der Waals surface area contributed by atoms with E-state index in [1.807, 2.05) is 24.3 Å². The third kappa shape index (κ3) is 3.74. The maximum Gasteiger partial charge on any atom is 0.244 e. The minimum Gasteiger partial charge on any atom is -0.464 e. The van der Waals surface area contributed by atoms with Crippen LogP contribution in [0, 0.1) is 6.92 Å². The molecule has 114 valence electrons. The second-order valence-corrected chi connectivity index (χ2v) is 7.33. The predicted octanol–water partition coefficient (Wildman–Crippen LogP) is 2.85. The molecule has 0 aliphatic rings. The smallest absolute Gasteiger partial charge is 0.244 e. The Balaban J connectivity index is 2.24. The minimum absolute atomic E-state index is 0.131. The number of aryl methyl sites for hydroxylation is 1. The van der Waals surface area contributed by atoms with E-state index in [1.165, 1.54) is 6.07 Å². The summed E-state index contributed by atoms with van der Waals surface area (Å²) in [7, 11) is -3.65. The quantitative estimate of drug-likeness (QED) is 0.844. The molecule has 2 rings (SSSR count). The topological polar surface area (TPSA) is 85.3 Å². The van der Waals surface area contributed by atoms with Crippen LogP contribution in [0.3, 0.4) is 0 Å². The van der Waals surface area contributed by atoms with Crippen LogP contribution in [0.25, 0.3) is 0 Å². The predicted molar refractivity (Wildman–Crippen MR) is 84.2 cm³/mol. The molecule has 0 saturated carbocycles. The van der Waals surface area contributed by atoms with E-state index < -0.39 is 10.0 Å². The minimum atomic E-state index is -3.65. The monoisotopic (exact) mass is 372 g/mol. The zero-order valence-electron chi connectivity index (χ0n) is 11.8. The molecule has 1 aromatic heterocycles. The van der Waals surface area contributed by atoms with Crippen LogP contribution >= 0.6 is 15.9 Å². The van der Waals surface area contributed by atoms with E-state index in [0.717, 1.165) is 10.0 Å². The van der Waals surface area contributed by atoms with Crippen LogP contribution in [0.2, 0.25) is 0 Å². The molecule has 0 spiro atoms. The Morgan fingerprint density at radius 3 is 2.48 bits per heavy atom. The molecule has 0 amide bonds. The van der Waals surface area contributed by atoms with Crippen molar-refractivity contribution in [3.63, 3.8) is 0 Å². The summed E-state index contributed by atoms with van der Waals surface area (Å²) < 4.78 is 33.7. The number of hydrogen-bond donors (Lipinski definition) is 2. The van der Waals surface area contributed by atoms with Crippen LogP contribution in [-0.2, 0) is 16.6 Å². The number of halogens is 1. The molecule has 21 heavy (non-hydrogen) atoms. The van der Waals surface area contributed by atoms with Gasteiger partial charge in [-0.3, -0.25) is 0 Å². The average molecular weight is 373 g/mol. The number of nitrogens with one attached hydrogen (secondary N) is 1. The molecule has 0 aliphatic carbocycles. The summed E-state index contributed by atoms with van der Waals surface area (Å²) in [5, 5.41) is 0. The lowest BCUT2D eigenvalue weighted by molar-refractivity contribution is 0.478. The fourth-order valence-corrected chi connectivity index (χ4v) is 3.71. The highest BCUT2D eigenvalue weighted by Crippen LogP contribution is 2.23. The van der Waals surface area contributed by atoms with E-state index in [0.29, 0.717) is 11.5 Å². The van der Waals surface area contributed by atoms with Gasteiger partial charge in [0.1, 0.15) is 16.4 Å². The Morgan fingerprint density at radius 1 is 1.33 bits per heavy atom. The highest BCUT2D eigenvalue weighted by molar-refractivity contribution is 9.10. The van der Waals surface area contributed by atoms with E-state index in [-0.39, 0.29) is 17.5 Å². The van der Waals surface area contributed by atoms with Crippen molar-refractivity contribution >= 4 is 26.0 Å². The van der Waals surface area contributed by atoms with Crippen LogP contribution in [-0.4, -0.2) is 8.42 Å². The summed E-state index contributed by atoms with van der Waals surface area (Å²) in [5.41, 5.74) is 6.35. The Kier molecular flexibility index (Phi) is 4.88. The van der Waals surface area contributed by atoms with Gasteiger partial charge in [-0.05, 0) is 31.5 Å². The van der Waals surface area contributed by atoms with Crippen LogP contribution in [0.4, 0.5) is 0 Å². The SMILES string of the molecule is Cc1oc(CN)cc1S(=O)(=O)NC(C)c1ccc(Br)cc1. The first-order valence-electron chi connectivity index (χ1n) is 6.40. The first-order chi connectivity index (χ1) is 9.83. The largest absolute Gasteiger partial charge is 0.464 e. The Bertz CT molecular complexity index is 723. The number of sulfonamides is 1. The number of nitrogens with two attached hydrogens (primary N) is 1. The zero-order chi connectivity index (χ0) is 15.6. The van der Waals surface area contributed by atoms with Crippen molar-refractivity contribution in [3.8, 4) is 0 Å². The first-order valence-corrected chi connectivity index (χ1v) is 8.68. The second-order valence-electron chi connectivity index (χ2n) is 4.73. The Labute approximate surface area is 132 Å². The van der Waals surface area contributed by atoms with Gasteiger partial charge in [0, 0.05) is 16.6 Å². The van der Waals surface area contributed by atoms with E-state index in [4.69, 9.17) is 10.2 Å². The number of benzene rings is 1. The lowest BCUT2D eigenvalue weighted by Crippen LogP contribution is -2.27. The lowest BCUT2D eigenvalue weighted by Gasteiger charge is -2.14. The molecular weight excluding hydrogens is 356 g/mol. The molecule has 2 aromatic rings. The highest BCUT2D eigenvalue weighted by atomic mass is 79.9. The zero-order valence-corrected chi connectivity index (χ0v) is 14.2. The van der Waals surface area contributed by atoms with E-state index in [9.17, 15) is 8.42 Å². The maximum atomic E-state index is 12.4. The van der Waals surface area contributed by atoms with Crippen molar-refractivity contribution in [2.75, 3.05) is 0 Å². The molecule has 3 N–H and O–H groups in total. The highest BCUT2D eigenvalue weighted by Gasteiger charge is 2.23. The number of rotatable bonds is 5. The molecule has 1 unspecified atom stereocenters. The van der Waals surface area contributed by atoms with Gasteiger partial charge < -0.3 is 10.2 Å². The standard InChI is InChI=1S/C14H17BrN2O3S/c1-9(11-3-5-12(15)6-4-11)17-21(18,19)14-7-13(8-16)20-10(14)2/h3-7,9,17H,8,16H2,1-2H3. The molecule has 5 nitrogen and oxygen atoms in total. The lowest BCUT2D eigenvalue weighted by atomic mass is 10.1. The summed E-state index contributed by atoms with van der Waals surface area (Å²) in [6.45, 7) is 3.57. The van der Waals surface area contributed by atoms with E-state index in [1.54, 1.807) is 13.8 Å². The van der Waals surface area contributed by atoms with Crippen molar-refractivity contribution < 1.29 is 12.8 Å². The summed E-state index contributed by atoms with van der Waals surface area (Å²) in [5.74, 6) is 0.787. The maximum absolute atomic E-state index is 12.4. The fraction of sp³-hybridized carbons (Fsp3) is 0.286. The molecule has 1 heterocycles. The van der Waals surface area contributed by atoms with Gasteiger partial charge >= 0.3 is 0 Å². The van der Waals surface area contributed by atoms with Gasteiger partial charge in [-0.1, -0.05) is 28.1 Å². The van der Waals surface area contributed by atoms with Crippen LogP contribution in [0.15, 0.2) is 44.1 Å². The normalized spacial score (nSPS) is 13.3. The summed E-state index contributed by atoms with van der Waals surface area (Å²) in [4.78, 5) is 0.131. The Hall–Kier alpha value is -1.15. The van der Waals surface area contributed by atoms with Crippen molar-refractivity contribution in [3.05, 3.63) is 51.9 Å². The summed E-state index contributed by atoms with van der Waals surface area (Å²) >= 11 is 3.35. The molecule has 0 aliphatic heterocycles. The third-order valence-electron chi connectivity index (χ3n) is 3.12. The van der Waals surface area contributed by atoms with Crippen molar-refractivity contribution in [1.29, 1.82) is 0 Å². The van der Waals surface area contributed by atoms with Gasteiger partial charge in [0.15, 0.2) is 0 Å². The number of furan rings is 1. The van der Waals surface area contributed by atoms with Crippen LogP contribution in [0.1, 0.15) is 30.0 Å². The molecule has 7 heteroatoms. The molecular formula is C14H17BrN2O3S. The van der Waals surface area contributed by atoms with E-state index in [2.05, 4.69) is 20.7 Å². The van der Waals surface area contributed by atoms with Gasteiger partial charge in [-0.2, -0.15) is 0 Å². The average Bonchev–Trinajstić information content (AvgIpc) is 2.81. The summed E-state index contributed by atoms with van der Waals surface area (Å²) in [6, 6.07) is 8.59. The van der Waals surface area contributed by atoms with Gasteiger partial charge in [0.25, 0.3) is 0 Å². The van der Waals surface area contributed by atoms with Gasteiger partial charge in [-0.15, -0.1) is 0 Å². The molecule has 0 radical (unpaired) electrons. The molecule has 1 aromatic carbocycles. The van der Waals surface area contributed by atoms with Crippen molar-refractivity contribution in [2.24, 2.45) is 5.73 Å². The summed E-state index contributed by atoms with van der Waals surface area (Å²) in [6.07, 6.45) is 0. The van der Waals surface area contributed by atoms with Crippen molar-refractivity contribution in [2.45, 2.75) is 31.3 Å². The molecule has 0 fully saturated rings. The first kappa shape index (κ1) is 16.2. The molecule has 1 atom stereocenters. The Morgan fingerprint density at radius 2 is 1.95 bits per heavy atom. The van der Waals surface area contributed by atoms with Gasteiger partial charge in [-0.25, -0.2) is 13.1 Å². The van der Waals surface area contributed by atoms with Crippen LogP contribution in [0.5, 0.6) is 0 Å². The van der Waals surface area contributed by atoms with Gasteiger partial charge in [0.2, 0.25) is 10.0 Å². The second kappa shape index (κ2) is 6.31. The molecule has 0 bridgehead atoms. The van der Waals surface area contributed by atoms with Gasteiger partial charge in [0.05, 0.1) is 6.54 Å². The third-order valence-corrected chi connectivity index (χ3v) is 5.29. The fourth-order valence-electron chi connectivity index (χ4n) is 2.01. The van der Waals surface area contributed by atoms with E-state index >= 15 is 0 Å². The molecule has 0 saturated heterocycles. The van der Waals surface area contributed by atoms with Crippen molar-refractivity contribution in [1.82, 2.24) is 4.72 Å². The number of hydrogen-bond acceptors (Lipinski definition) is 4.